The van der Waals surface area contributed by atoms with E-state index in [0.717, 1.165) is 30.7 Å². The number of hydrogen-bond donors (Lipinski definition) is 0. The molecule has 1 amide bonds. The molecule has 1 aliphatic rings. The summed E-state index contributed by atoms with van der Waals surface area (Å²) >= 11 is 1.37. The first-order chi connectivity index (χ1) is 13.7. The fourth-order valence-electron chi connectivity index (χ4n) is 2.95. The molecule has 1 aliphatic heterocycles. The van der Waals surface area contributed by atoms with Crippen LogP contribution in [0.15, 0.2) is 28.0 Å². The largest absolute Gasteiger partial charge is 0.467 e. The van der Waals surface area contributed by atoms with Gasteiger partial charge in [-0.05, 0) is 19.1 Å². The minimum atomic E-state index is -0.0600. The Morgan fingerprint density at radius 3 is 2.89 bits per heavy atom. The molecule has 1 saturated heterocycles. The van der Waals surface area contributed by atoms with Crippen LogP contribution in [-0.4, -0.2) is 64.2 Å². The van der Waals surface area contributed by atoms with Crippen molar-refractivity contribution < 1.29 is 13.9 Å². The number of furan rings is 1. The zero-order chi connectivity index (χ0) is 19.8. The van der Waals surface area contributed by atoms with Gasteiger partial charge in [0.25, 0.3) is 0 Å². The summed E-state index contributed by atoms with van der Waals surface area (Å²) in [5.41, 5.74) is 0. The minimum absolute atomic E-state index is 0.0600. The number of morpholine rings is 1. The lowest BCUT2D eigenvalue weighted by molar-refractivity contribution is -0.129. The molecule has 0 spiro atoms. The van der Waals surface area contributed by atoms with Crippen LogP contribution in [0.1, 0.15) is 19.1 Å². The van der Waals surface area contributed by atoms with Crippen molar-refractivity contribution in [2.75, 3.05) is 43.5 Å². The molecule has 0 aromatic carbocycles. The Morgan fingerprint density at radius 2 is 2.21 bits per heavy atom. The highest BCUT2D eigenvalue weighted by Crippen LogP contribution is 2.23. The van der Waals surface area contributed by atoms with E-state index in [9.17, 15) is 4.79 Å². The Kier molecular flexibility index (Phi) is 7.33. The molecule has 0 unspecified atom stereocenters. The van der Waals surface area contributed by atoms with Gasteiger partial charge in [0.15, 0.2) is 5.16 Å². The minimum Gasteiger partial charge on any atom is -0.467 e. The number of anilines is 1. The van der Waals surface area contributed by atoms with Gasteiger partial charge in [0.1, 0.15) is 5.76 Å². The molecule has 0 radical (unpaired) electrons. The summed E-state index contributed by atoms with van der Waals surface area (Å²) in [7, 11) is 0. The molecule has 0 atom stereocenters. The van der Waals surface area contributed by atoms with Crippen LogP contribution in [0.3, 0.4) is 0 Å². The van der Waals surface area contributed by atoms with Crippen LogP contribution >= 0.6 is 11.8 Å². The van der Waals surface area contributed by atoms with Gasteiger partial charge in [-0.2, -0.15) is 5.26 Å². The van der Waals surface area contributed by atoms with Crippen molar-refractivity contribution in [1.82, 2.24) is 19.7 Å². The summed E-state index contributed by atoms with van der Waals surface area (Å²) in [5.74, 6) is 1.68. The van der Waals surface area contributed by atoms with E-state index < -0.39 is 0 Å². The third-order valence-electron chi connectivity index (χ3n) is 4.41. The van der Waals surface area contributed by atoms with Crippen LogP contribution in [0.4, 0.5) is 5.95 Å². The van der Waals surface area contributed by atoms with Gasteiger partial charge in [0.2, 0.25) is 11.9 Å². The fourth-order valence-corrected chi connectivity index (χ4v) is 3.85. The summed E-state index contributed by atoms with van der Waals surface area (Å²) < 4.78 is 12.8. The molecule has 3 heterocycles. The van der Waals surface area contributed by atoms with E-state index in [1.807, 2.05) is 17.6 Å². The van der Waals surface area contributed by atoms with Gasteiger partial charge in [0, 0.05) is 26.2 Å². The molecule has 10 heteroatoms. The molecular formula is C18H24N6O3S. The first-order valence-corrected chi connectivity index (χ1v) is 10.3. The number of thioether (sulfide) groups is 1. The number of carbonyl (C=O) groups is 1. The molecule has 3 rings (SSSR count). The van der Waals surface area contributed by atoms with Crippen molar-refractivity contribution in [2.45, 2.75) is 31.6 Å². The molecule has 1 fully saturated rings. The summed E-state index contributed by atoms with van der Waals surface area (Å²) in [6, 6.07) is 5.70. The van der Waals surface area contributed by atoms with E-state index in [2.05, 4.69) is 21.2 Å². The SMILES string of the molecule is CCn1c(SCC(=O)N(CCC#N)Cc2ccco2)nnc1N1CCOCC1. The fraction of sp³-hybridized carbons (Fsp3) is 0.556. The highest BCUT2D eigenvalue weighted by Gasteiger charge is 2.21. The molecule has 0 saturated carbocycles. The Labute approximate surface area is 168 Å². The Hall–Kier alpha value is -2.51. The number of ether oxygens (including phenoxy) is 1. The van der Waals surface area contributed by atoms with Crippen molar-refractivity contribution >= 4 is 23.6 Å². The quantitative estimate of drug-likeness (QED) is 0.583. The summed E-state index contributed by atoms with van der Waals surface area (Å²) in [5, 5.41) is 18.2. The van der Waals surface area contributed by atoms with Crippen molar-refractivity contribution in [2.24, 2.45) is 0 Å². The van der Waals surface area contributed by atoms with Crippen molar-refractivity contribution in [3.8, 4) is 6.07 Å². The predicted octanol–water partition coefficient (Wildman–Crippen LogP) is 1.76. The van der Waals surface area contributed by atoms with E-state index in [1.165, 1.54) is 11.8 Å². The normalized spacial score (nSPS) is 14.1. The second kappa shape index (κ2) is 10.1. The third kappa shape index (κ3) is 5.05. The molecule has 0 bridgehead atoms. The van der Waals surface area contributed by atoms with Gasteiger partial charge in [-0.15, -0.1) is 10.2 Å². The van der Waals surface area contributed by atoms with Crippen LogP contribution in [0, 0.1) is 11.3 Å². The van der Waals surface area contributed by atoms with Gasteiger partial charge in [-0.25, -0.2) is 0 Å². The summed E-state index contributed by atoms with van der Waals surface area (Å²) in [4.78, 5) is 16.5. The van der Waals surface area contributed by atoms with Crippen LogP contribution in [0.2, 0.25) is 0 Å². The van der Waals surface area contributed by atoms with E-state index in [4.69, 9.17) is 14.4 Å². The highest BCUT2D eigenvalue weighted by atomic mass is 32.2. The molecular weight excluding hydrogens is 380 g/mol. The lowest BCUT2D eigenvalue weighted by Gasteiger charge is -2.27. The number of aromatic nitrogens is 3. The van der Waals surface area contributed by atoms with Crippen molar-refractivity contribution in [3.05, 3.63) is 24.2 Å². The van der Waals surface area contributed by atoms with Gasteiger partial charge in [0.05, 0.1) is 44.3 Å². The molecule has 150 valence electrons. The Morgan fingerprint density at radius 1 is 1.39 bits per heavy atom. The Bertz CT molecular complexity index is 795. The second-order valence-electron chi connectivity index (χ2n) is 6.22. The molecule has 9 nitrogen and oxygen atoms in total. The standard InChI is InChI=1S/C18H24N6O3S/c1-2-24-17(22-8-11-26-12-9-22)20-21-18(24)28-14-16(25)23(7-4-6-19)13-15-5-3-10-27-15/h3,5,10H,2,4,7-9,11-14H2,1H3. The molecule has 0 N–H and O–H groups in total. The average Bonchev–Trinajstić information content (AvgIpc) is 3.39. The number of hydrogen-bond acceptors (Lipinski definition) is 8. The molecule has 28 heavy (non-hydrogen) atoms. The highest BCUT2D eigenvalue weighted by molar-refractivity contribution is 7.99. The molecule has 2 aromatic heterocycles. The van der Waals surface area contributed by atoms with Crippen molar-refractivity contribution in [1.29, 1.82) is 5.26 Å². The zero-order valence-electron chi connectivity index (χ0n) is 15.9. The third-order valence-corrected chi connectivity index (χ3v) is 5.36. The average molecular weight is 404 g/mol. The maximum atomic E-state index is 12.7. The number of nitriles is 1. The predicted molar refractivity (Wildman–Crippen MR) is 104 cm³/mol. The lowest BCUT2D eigenvalue weighted by atomic mass is 10.3. The number of rotatable bonds is 9. The van der Waals surface area contributed by atoms with Crippen molar-refractivity contribution in [3.63, 3.8) is 0 Å². The zero-order valence-corrected chi connectivity index (χ0v) is 16.7. The smallest absolute Gasteiger partial charge is 0.233 e. The van der Waals surface area contributed by atoms with Gasteiger partial charge >= 0.3 is 0 Å². The van der Waals surface area contributed by atoms with Crippen LogP contribution in [-0.2, 0) is 22.6 Å². The number of nitrogens with zero attached hydrogens (tertiary/aromatic N) is 6. The van der Waals surface area contributed by atoms with Gasteiger partial charge in [-0.1, -0.05) is 11.8 Å². The maximum Gasteiger partial charge on any atom is 0.233 e. The summed E-state index contributed by atoms with van der Waals surface area (Å²) in [6.45, 7) is 6.41. The van der Waals surface area contributed by atoms with Crippen LogP contribution in [0.25, 0.3) is 0 Å². The maximum absolute atomic E-state index is 12.7. The van der Waals surface area contributed by atoms with E-state index in [1.54, 1.807) is 17.2 Å². The van der Waals surface area contributed by atoms with E-state index in [0.29, 0.717) is 32.1 Å². The van der Waals surface area contributed by atoms with Gasteiger partial charge < -0.3 is 19.0 Å². The first kappa shape index (κ1) is 20.2. The molecule has 2 aromatic rings. The molecule has 0 aliphatic carbocycles. The first-order valence-electron chi connectivity index (χ1n) is 9.28. The number of carbonyl (C=O) groups excluding carboxylic acids is 1. The van der Waals surface area contributed by atoms with Crippen LogP contribution in [0.5, 0.6) is 0 Å². The number of amides is 1. The van der Waals surface area contributed by atoms with E-state index in [-0.39, 0.29) is 18.1 Å². The second-order valence-corrected chi connectivity index (χ2v) is 7.16. The Balaban J connectivity index is 1.63. The topological polar surface area (TPSA) is 100 Å². The van der Waals surface area contributed by atoms with Gasteiger partial charge in [-0.3, -0.25) is 9.36 Å². The monoisotopic (exact) mass is 404 g/mol. The van der Waals surface area contributed by atoms with E-state index >= 15 is 0 Å². The lowest BCUT2D eigenvalue weighted by Crippen LogP contribution is -2.38. The van der Waals surface area contributed by atoms with Crippen LogP contribution < -0.4 is 4.90 Å². The summed E-state index contributed by atoms with van der Waals surface area (Å²) in [6.07, 6.45) is 1.86.